The predicted molar refractivity (Wildman–Crippen MR) is 93.6 cm³/mol. The van der Waals surface area contributed by atoms with Crippen LogP contribution in [0, 0.1) is 6.92 Å². The first-order valence-electron chi connectivity index (χ1n) is 7.84. The standard InChI is InChI=1S/C19H20N2O3/c1-13-5-3-4-6-17(13)14-7-9-16(10-8-14)21-12-15(20-23)11-18(21)19(22)24-2/h3-10,18,23H,11-12H2,1-2H3/b20-15-/t18-/m0/s1. The van der Waals surface area contributed by atoms with E-state index in [4.69, 9.17) is 9.94 Å². The molecule has 0 bridgehead atoms. The average Bonchev–Trinajstić information content (AvgIpc) is 3.06. The van der Waals surface area contributed by atoms with Crippen LogP contribution in [0.15, 0.2) is 53.7 Å². The average molecular weight is 324 g/mol. The van der Waals surface area contributed by atoms with Gasteiger partial charge in [-0.25, -0.2) is 4.79 Å². The lowest BCUT2D eigenvalue weighted by Gasteiger charge is -2.24. The fraction of sp³-hybridized carbons (Fsp3) is 0.263. The summed E-state index contributed by atoms with van der Waals surface area (Å²) >= 11 is 0. The predicted octanol–water partition coefficient (Wildman–Crippen LogP) is 3.24. The van der Waals surface area contributed by atoms with Crippen LogP contribution in [-0.4, -0.2) is 36.6 Å². The smallest absolute Gasteiger partial charge is 0.328 e. The second-order valence-corrected chi connectivity index (χ2v) is 5.90. The molecule has 1 heterocycles. The van der Waals surface area contributed by atoms with E-state index in [0.29, 0.717) is 18.7 Å². The van der Waals surface area contributed by atoms with Crippen LogP contribution in [0.5, 0.6) is 0 Å². The van der Waals surface area contributed by atoms with E-state index in [-0.39, 0.29) is 5.97 Å². The Kier molecular flexibility index (Phi) is 4.51. The highest BCUT2D eigenvalue weighted by Gasteiger charge is 2.35. The summed E-state index contributed by atoms with van der Waals surface area (Å²) in [6.07, 6.45) is 0.378. The maximum absolute atomic E-state index is 12.0. The van der Waals surface area contributed by atoms with Crippen molar-refractivity contribution in [3.05, 3.63) is 54.1 Å². The van der Waals surface area contributed by atoms with Crippen LogP contribution < -0.4 is 4.90 Å². The second-order valence-electron chi connectivity index (χ2n) is 5.90. The lowest BCUT2D eigenvalue weighted by molar-refractivity contribution is -0.141. The fourth-order valence-corrected chi connectivity index (χ4v) is 3.12. The van der Waals surface area contributed by atoms with E-state index in [1.165, 1.54) is 18.2 Å². The molecule has 2 aromatic rings. The molecule has 0 amide bonds. The van der Waals surface area contributed by atoms with Crippen molar-refractivity contribution in [3.8, 4) is 11.1 Å². The highest BCUT2D eigenvalue weighted by atomic mass is 16.5. The number of rotatable bonds is 3. The van der Waals surface area contributed by atoms with Crippen molar-refractivity contribution in [2.24, 2.45) is 5.16 Å². The van der Waals surface area contributed by atoms with Gasteiger partial charge in [0.25, 0.3) is 0 Å². The van der Waals surface area contributed by atoms with Crippen LogP contribution in [0.1, 0.15) is 12.0 Å². The summed E-state index contributed by atoms with van der Waals surface area (Å²) in [5, 5.41) is 12.3. The number of hydrogen-bond acceptors (Lipinski definition) is 5. The number of anilines is 1. The van der Waals surface area contributed by atoms with Gasteiger partial charge in [0.05, 0.1) is 19.4 Å². The number of aryl methyl sites for hydroxylation is 1. The van der Waals surface area contributed by atoms with Gasteiger partial charge in [0.15, 0.2) is 0 Å². The number of oxime groups is 1. The fourth-order valence-electron chi connectivity index (χ4n) is 3.12. The number of hydrogen-bond donors (Lipinski definition) is 1. The third kappa shape index (κ3) is 2.97. The molecule has 0 spiro atoms. The Morgan fingerprint density at radius 3 is 2.54 bits per heavy atom. The zero-order valence-electron chi connectivity index (χ0n) is 13.8. The molecule has 1 aliphatic heterocycles. The van der Waals surface area contributed by atoms with Gasteiger partial charge < -0.3 is 14.8 Å². The molecule has 0 unspecified atom stereocenters. The summed E-state index contributed by atoms with van der Waals surface area (Å²) in [6, 6.07) is 15.8. The van der Waals surface area contributed by atoms with E-state index in [0.717, 1.165) is 11.3 Å². The molecule has 1 N–H and O–H groups in total. The van der Waals surface area contributed by atoms with Gasteiger partial charge in [0, 0.05) is 12.1 Å². The van der Waals surface area contributed by atoms with Crippen molar-refractivity contribution in [1.82, 2.24) is 0 Å². The van der Waals surface area contributed by atoms with E-state index in [1.54, 1.807) is 0 Å². The SMILES string of the molecule is COC(=O)[C@@H]1C/C(=N/O)CN1c1ccc(-c2ccccc2C)cc1. The van der Waals surface area contributed by atoms with Gasteiger partial charge in [-0.05, 0) is 35.7 Å². The van der Waals surface area contributed by atoms with E-state index in [2.05, 4.69) is 24.2 Å². The summed E-state index contributed by atoms with van der Waals surface area (Å²) in [7, 11) is 1.37. The molecule has 1 atom stereocenters. The minimum Gasteiger partial charge on any atom is -0.467 e. The lowest BCUT2D eigenvalue weighted by atomic mass is 10.0. The number of nitrogens with zero attached hydrogens (tertiary/aromatic N) is 2. The van der Waals surface area contributed by atoms with Crippen molar-refractivity contribution in [2.45, 2.75) is 19.4 Å². The normalized spacial score (nSPS) is 18.8. The Morgan fingerprint density at radius 1 is 1.21 bits per heavy atom. The third-order valence-corrected chi connectivity index (χ3v) is 4.43. The number of esters is 1. The Balaban J connectivity index is 1.89. The minimum atomic E-state index is -0.454. The molecule has 0 radical (unpaired) electrons. The molecule has 5 heteroatoms. The van der Waals surface area contributed by atoms with Gasteiger partial charge in [-0.15, -0.1) is 0 Å². The summed E-state index contributed by atoms with van der Waals surface area (Å²) in [4.78, 5) is 13.9. The topological polar surface area (TPSA) is 62.1 Å². The molecular formula is C19H20N2O3. The van der Waals surface area contributed by atoms with Gasteiger partial charge in [-0.3, -0.25) is 0 Å². The molecule has 124 valence electrons. The second kappa shape index (κ2) is 6.74. The quantitative estimate of drug-likeness (QED) is 0.535. The van der Waals surface area contributed by atoms with Crippen molar-refractivity contribution < 1.29 is 14.7 Å². The number of carbonyl (C=O) groups excluding carboxylic acids is 1. The highest BCUT2D eigenvalue weighted by molar-refractivity contribution is 5.99. The Labute approximate surface area is 141 Å². The highest BCUT2D eigenvalue weighted by Crippen LogP contribution is 2.29. The van der Waals surface area contributed by atoms with E-state index in [9.17, 15) is 4.79 Å². The molecule has 1 aliphatic rings. The molecule has 1 saturated heterocycles. The van der Waals surface area contributed by atoms with Crippen LogP contribution in [0.25, 0.3) is 11.1 Å². The Morgan fingerprint density at radius 2 is 1.92 bits per heavy atom. The van der Waals surface area contributed by atoms with E-state index in [1.807, 2.05) is 41.3 Å². The Hall–Kier alpha value is -2.82. The van der Waals surface area contributed by atoms with E-state index < -0.39 is 6.04 Å². The molecule has 5 nitrogen and oxygen atoms in total. The van der Waals surface area contributed by atoms with Crippen LogP contribution in [0.3, 0.4) is 0 Å². The molecule has 0 aliphatic carbocycles. The number of carbonyl (C=O) groups is 1. The number of benzene rings is 2. The summed E-state index contributed by atoms with van der Waals surface area (Å²) in [5.74, 6) is -0.323. The van der Waals surface area contributed by atoms with E-state index >= 15 is 0 Å². The monoisotopic (exact) mass is 324 g/mol. The summed E-state index contributed by atoms with van der Waals surface area (Å²) < 4.78 is 4.87. The van der Waals surface area contributed by atoms with Crippen molar-refractivity contribution in [1.29, 1.82) is 0 Å². The maximum Gasteiger partial charge on any atom is 0.328 e. The molecule has 3 rings (SSSR count). The lowest BCUT2D eigenvalue weighted by Crippen LogP contribution is -2.36. The third-order valence-electron chi connectivity index (χ3n) is 4.43. The largest absolute Gasteiger partial charge is 0.467 e. The van der Waals surface area contributed by atoms with Crippen LogP contribution >= 0.6 is 0 Å². The summed E-state index contributed by atoms with van der Waals surface area (Å²) in [6.45, 7) is 2.50. The molecule has 24 heavy (non-hydrogen) atoms. The molecule has 0 saturated carbocycles. The molecule has 1 fully saturated rings. The van der Waals surface area contributed by atoms with Crippen molar-refractivity contribution in [3.63, 3.8) is 0 Å². The van der Waals surface area contributed by atoms with Crippen molar-refractivity contribution >= 4 is 17.4 Å². The van der Waals surface area contributed by atoms with Crippen LogP contribution in [0.2, 0.25) is 0 Å². The van der Waals surface area contributed by atoms with Crippen LogP contribution in [-0.2, 0) is 9.53 Å². The molecule has 0 aromatic heterocycles. The van der Waals surface area contributed by atoms with Gasteiger partial charge in [-0.2, -0.15) is 0 Å². The zero-order chi connectivity index (χ0) is 17.1. The van der Waals surface area contributed by atoms with Crippen molar-refractivity contribution in [2.75, 3.05) is 18.6 Å². The first-order chi connectivity index (χ1) is 11.6. The summed E-state index contributed by atoms with van der Waals surface area (Å²) in [5.41, 5.74) is 5.01. The molecular weight excluding hydrogens is 304 g/mol. The minimum absolute atomic E-state index is 0.323. The van der Waals surface area contributed by atoms with Gasteiger partial charge in [0.1, 0.15) is 6.04 Å². The molecule has 2 aromatic carbocycles. The Bertz CT molecular complexity index is 768. The van der Waals surface area contributed by atoms with Crippen LogP contribution in [0.4, 0.5) is 5.69 Å². The number of ether oxygens (including phenoxy) is 1. The van der Waals surface area contributed by atoms with Gasteiger partial charge >= 0.3 is 5.97 Å². The maximum atomic E-state index is 12.0. The first kappa shape index (κ1) is 16.1. The van der Waals surface area contributed by atoms with Gasteiger partial charge in [0.2, 0.25) is 0 Å². The first-order valence-corrected chi connectivity index (χ1v) is 7.84. The number of methoxy groups -OCH3 is 1. The zero-order valence-corrected chi connectivity index (χ0v) is 13.8. The van der Waals surface area contributed by atoms with Gasteiger partial charge in [-0.1, -0.05) is 41.6 Å².